The summed E-state index contributed by atoms with van der Waals surface area (Å²) in [7, 11) is -2.09. The molecule has 0 radical (unpaired) electrons. The molecule has 4 rings (SSSR count). The van der Waals surface area contributed by atoms with Crippen LogP contribution in [0.15, 0.2) is 29.2 Å². The van der Waals surface area contributed by atoms with Crippen molar-refractivity contribution in [3.05, 3.63) is 29.8 Å². The van der Waals surface area contributed by atoms with Crippen LogP contribution in [0, 0.1) is 11.8 Å². The lowest BCUT2D eigenvalue weighted by atomic mass is 9.97. The molecule has 1 amide bonds. The summed E-state index contributed by atoms with van der Waals surface area (Å²) in [5, 5.41) is 9.82. The SMILES string of the molecule is C[C@@H]1CN([C@@H](C)CO)S(=O)(=O)c2ccc(C3=CCCC3)cc2O[C@@H]1CN(C)C(=O)C1CCOCC1. The Morgan fingerprint density at radius 2 is 2.03 bits per heavy atom. The minimum absolute atomic E-state index is 0.0582. The molecule has 3 aliphatic rings. The number of hydrogen-bond acceptors (Lipinski definition) is 6. The monoisotopic (exact) mass is 506 g/mol. The Morgan fingerprint density at radius 1 is 1.29 bits per heavy atom. The van der Waals surface area contributed by atoms with Gasteiger partial charge in [0, 0.05) is 44.7 Å². The summed E-state index contributed by atoms with van der Waals surface area (Å²) in [6, 6.07) is 4.73. The third kappa shape index (κ3) is 5.58. The van der Waals surface area contributed by atoms with Gasteiger partial charge >= 0.3 is 0 Å². The highest BCUT2D eigenvalue weighted by Crippen LogP contribution is 2.37. The van der Waals surface area contributed by atoms with E-state index in [0.29, 0.717) is 38.3 Å². The van der Waals surface area contributed by atoms with Crippen LogP contribution in [0.1, 0.15) is 51.5 Å². The number of amides is 1. The zero-order valence-corrected chi connectivity index (χ0v) is 21.8. The molecular weight excluding hydrogens is 468 g/mol. The second-order valence-corrected chi connectivity index (χ2v) is 12.0. The Bertz CT molecular complexity index is 1050. The molecule has 1 saturated heterocycles. The number of carbonyl (C=O) groups excluding carboxylic acids is 1. The summed E-state index contributed by atoms with van der Waals surface area (Å²) in [6.07, 6.45) is 6.29. The summed E-state index contributed by atoms with van der Waals surface area (Å²) < 4.78 is 40.5. The topological polar surface area (TPSA) is 96.4 Å². The highest BCUT2D eigenvalue weighted by molar-refractivity contribution is 7.89. The van der Waals surface area contributed by atoms with E-state index < -0.39 is 22.2 Å². The minimum Gasteiger partial charge on any atom is -0.487 e. The summed E-state index contributed by atoms with van der Waals surface area (Å²) in [6.45, 7) is 5.11. The van der Waals surface area contributed by atoms with Crippen LogP contribution in [0.25, 0.3) is 5.57 Å². The van der Waals surface area contributed by atoms with Crippen molar-refractivity contribution in [2.24, 2.45) is 11.8 Å². The Balaban J connectivity index is 1.67. The predicted octanol–water partition coefficient (Wildman–Crippen LogP) is 2.91. The van der Waals surface area contributed by atoms with E-state index in [1.165, 1.54) is 9.88 Å². The van der Waals surface area contributed by atoms with Crippen LogP contribution < -0.4 is 4.74 Å². The van der Waals surface area contributed by atoms with Crippen LogP contribution >= 0.6 is 0 Å². The lowest BCUT2D eigenvalue weighted by Crippen LogP contribution is -2.50. The molecule has 0 bridgehead atoms. The summed E-state index contributed by atoms with van der Waals surface area (Å²) in [5.74, 6) is 0.127. The Kier molecular flexibility index (Phi) is 8.20. The summed E-state index contributed by atoms with van der Waals surface area (Å²) in [5.41, 5.74) is 2.17. The van der Waals surface area contributed by atoms with E-state index in [9.17, 15) is 18.3 Å². The van der Waals surface area contributed by atoms with Crippen molar-refractivity contribution >= 4 is 21.5 Å². The van der Waals surface area contributed by atoms with Crippen LogP contribution in [0.4, 0.5) is 0 Å². The van der Waals surface area contributed by atoms with E-state index in [4.69, 9.17) is 9.47 Å². The van der Waals surface area contributed by atoms with Crippen LogP contribution in [0.5, 0.6) is 5.75 Å². The number of aliphatic hydroxyl groups excluding tert-OH is 1. The van der Waals surface area contributed by atoms with Crippen molar-refractivity contribution in [1.82, 2.24) is 9.21 Å². The van der Waals surface area contributed by atoms with Gasteiger partial charge in [-0.15, -0.1) is 0 Å². The van der Waals surface area contributed by atoms with Crippen molar-refractivity contribution in [3.63, 3.8) is 0 Å². The average molecular weight is 507 g/mol. The van der Waals surface area contributed by atoms with Crippen molar-refractivity contribution in [1.29, 1.82) is 0 Å². The van der Waals surface area contributed by atoms with E-state index in [2.05, 4.69) is 6.08 Å². The molecule has 2 aliphatic heterocycles. The molecule has 1 aliphatic carbocycles. The molecule has 1 N–H and O–H groups in total. The molecule has 3 atom stereocenters. The predicted molar refractivity (Wildman–Crippen MR) is 133 cm³/mol. The molecule has 0 unspecified atom stereocenters. The molecule has 194 valence electrons. The first-order chi connectivity index (χ1) is 16.7. The van der Waals surface area contributed by atoms with Gasteiger partial charge in [0.25, 0.3) is 0 Å². The Morgan fingerprint density at radius 3 is 2.69 bits per heavy atom. The number of likely N-dealkylation sites (N-methyl/N-ethyl adjacent to an activating group) is 1. The van der Waals surface area contributed by atoms with Crippen molar-refractivity contribution < 1.29 is 27.8 Å². The van der Waals surface area contributed by atoms with Gasteiger partial charge in [0.2, 0.25) is 15.9 Å². The van der Waals surface area contributed by atoms with Crippen molar-refractivity contribution in [3.8, 4) is 5.75 Å². The number of rotatable bonds is 6. The number of fused-ring (bicyclic) bond motifs is 1. The summed E-state index contributed by atoms with van der Waals surface area (Å²) in [4.78, 5) is 14.9. The first-order valence-corrected chi connectivity index (χ1v) is 14.1. The number of hydrogen-bond donors (Lipinski definition) is 1. The van der Waals surface area contributed by atoms with E-state index in [1.807, 2.05) is 19.1 Å². The lowest BCUT2D eigenvalue weighted by Gasteiger charge is -2.38. The maximum atomic E-state index is 13.6. The molecule has 0 saturated carbocycles. The van der Waals surface area contributed by atoms with Crippen LogP contribution in [-0.2, 0) is 19.6 Å². The molecule has 9 heteroatoms. The van der Waals surface area contributed by atoms with Crippen molar-refractivity contribution in [2.75, 3.05) is 40.0 Å². The quantitative estimate of drug-likeness (QED) is 0.637. The number of benzene rings is 1. The first kappa shape index (κ1) is 26.1. The molecule has 2 heterocycles. The smallest absolute Gasteiger partial charge is 0.247 e. The molecule has 35 heavy (non-hydrogen) atoms. The highest BCUT2D eigenvalue weighted by atomic mass is 32.2. The standard InChI is InChI=1S/C26H38N2O6S/c1-18-15-28(19(2)17-29)35(31,32)25-9-8-22(20-6-4-5-7-20)14-23(25)34-24(18)16-27(3)26(30)21-10-12-33-13-11-21/h6,8-9,14,18-19,21,24,29H,4-5,7,10-13,15-17H2,1-3H3/t18-,19+,24-/m1/s1. The third-order valence-electron chi connectivity index (χ3n) is 7.48. The fraction of sp³-hybridized carbons (Fsp3) is 0.654. The zero-order valence-electron chi connectivity index (χ0n) is 21.0. The van der Waals surface area contributed by atoms with Gasteiger partial charge in [-0.3, -0.25) is 4.79 Å². The average Bonchev–Trinajstić information content (AvgIpc) is 3.40. The Labute approximate surface area is 208 Å². The zero-order chi connectivity index (χ0) is 25.2. The second kappa shape index (κ2) is 11.0. The van der Waals surface area contributed by atoms with Gasteiger partial charge in [0.15, 0.2) is 0 Å². The number of aliphatic hydroxyl groups is 1. The van der Waals surface area contributed by atoms with E-state index in [0.717, 1.165) is 24.8 Å². The molecule has 0 spiro atoms. The number of allylic oxidation sites excluding steroid dienone is 2. The maximum absolute atomic E-state index is 13.6. The van der Waals surface area contributed by atoms with Crippen LogP contribution in [0.2, 0.25) is 0 Å². The largest absolute Gasteiger partial charge is 0.487 e. The highest BCUT2D eigenvalue weighted by Gasteiger charge is 2.39. The van der Waals surface area contributed by atoms with Crippen molar-refractivity contribution in [2.45, 2.75) is 63.0 Å². The number of nitrogens with zero attached hydrogens (tertiary/aromatic N) is 2. The normalized spacial score (nSPS) is 26.1. The van der Waals surface area contributed by atoms with Gasteiger partial charge in [0.1, 0.15) is 16.7 Å². The first-order valence-electron chi connectivity index (χ1n) is 12.7. The minimum atomic E-state index is -3.88. The van der Waals surface area contributed by atoms with E-state index >= 15 is 0 Å². The molecule has 1 aromatic rings. The maximum Gasteiger partial charge on any atom is 0.247 e. The fourth-order valence-electron chi connectivity index (χ4n) is 5.19. The van der Waals surface area contributed by atoms with Gasteiger partial charge in [-0.05, 0) is 62.3 Å². The molecule has 1 aromatic carbocycles. The fourth-order valence-corrected chi connectivity index (χ4v) is 7.02. The molecular formula is C26H38N2O6S. The van der Waals surface area contributed by atoms with E-state index in [-0.39, 0.29) is 35.8 Å². The van der Waals surface area contributed by atoms with Gasteiger partial charge < -0.3 is 19.5 Å². The molecule has 8 nitrogen and oxygen atoms in total. The lowest BCUT2D eigenvalue weighted by molar-refractivity contribution is -0.138. The Hall–Kier alpha value is -1.94. The second-order valence-electron chi connectivity index (χ2n) is 10.1. The number of ether oxygens (including phenoxy) is 2. The van der Waals surface area contributed by atoms with Crippen LogP contribution in [0.3, 0.4) is 0 Å². The van der Waals surface area contributed by atoms with E-state index in [1.54, 1.807) is 24.9 Å². The third-order valence-corrected chi connectivity index (χ3v) is 9.50. The summed E-state index contributed by atoms with van der Waals surface area (Å²) >= 11 is 0. The molecule has 1 fully saturated rings. The number of carbonyl (C=O) groups is 1. The van der Waals surface area contributed by atoms with Gasteiger partial charge in [-0.1, -0.05) is 19.1 Å². The van der Waals surface area contributed by atoms with Crippen LogP contribution in [-0.4, -0.2) is 80.7 Å². The number of sulfonamides is 1. The molecule has 0 aromatic heterocycles. The van der Waals surface area contributed by atoms with Gasteiger partial charge in [-0.2, -0.15) is 4.31 Å². The van der Waals surface area contributed by atoms with Gasteiger partial charge in [-0.25, -0.2) is 8.42 Å². The van der Waals surface area contributed by atoms with Gasteiger partial charge in [0.05, 0.1) is 13.2 Å².